The lowest BCUT2D eigenvalue weighted by Gasteiger charge is -2.17. The van der Waals surface area contributed by atoms with Crippen molar-refractivity contribution < 1.29 is 17.2 Å². The van der Waals surface area contributed by atoms with E-state index < -0.39 is 26.6 Å². The van der Waals surface area contributed by atoms with Gasteiger partial charge in [0.15, 0.2) is 11.6 Å². The fourth-order valence-corrected chi connectivity index (χ4v) is 3.71. The summed E-state index contributed by atoms with van der Waals surface area (Å²) in [6, 6.07) is 1.72. The zero-order valence-electron chi connectivity index (χ0n) is 9.86. The highest BCUT2D eigenvalue weighted by atomic mass is 32.2. The molecule has 100 valence electrons. The van der Waals surface area contributed by atoms with E-state index in [0.717, 1.165) is 16.4 Å². The number of nitrogens with two attached hydrogens (primary N) is 1. The summed E-state index contributed by atoms with van der Waals surface area (Å²) in [5.41, 5.74) is 5.25. The van der Waals surface area contributed by atoms with Crippen LogP contribution in [0.2, 0.25) is 0 Å². The Hall–Kier alpha value is -1.21. The van der Waals surface area contributed by atoms with E-state index in [1.54, 1.807) is 0 Å². The number of hydrogen-bond acceptors (Lipinski definition) is 3. The third kappa shape index (κ3) is 2.20. The average Bonchev–Trinajstić information content (AvgIpc) is 2.70. The Kier molecular flexibility index (Phi) is 3.29. The Labute approximate surface area is 104 Å². The lowest BCUT2D eigenvalue weighted by Crippen LogP contribution is -2.29. The van der Waals surface area contributed by atoms with Crippen LogP contribution in [0, 0.1) is 17.6 Å². The second-order valence-corrected chi connectivity index (χ2v) is 6.48. The molecular formula is C11H14F2N2O2S. The van der Waals surface area contributed by atoms with E-state index in [-0.39, 0.29) is 11.6 Å². The lowest BCUT2D eigenvalue weighted by atomic mass is 10.2. The number of halogens is 2. The van der Waals surface area contributed by atoms with Gasteiger partial charge in [0.1, 0.15) is 4.90 Å². The summed E-state index contributed by atoms with van der Waals surface area (Å²) in [5.74, 6) is -2.40. The molecule has 0 amide bonds. The van der Waals surface area contributed by atoms with Crippen LogP contribution >= 0.6 is 0 Å². The molecule has 1 fully saturated rings. The first-order chi connectivity index (χ1) is 8.32. The Bertz CT molecular complexity index is 575. The summed E-state index contributed by atoms with van der Waals surface area (Å²) in [4.78, 5) is -0.686. The van der Waals surface area contributed by atoms with Gasteiger partial charge in [0.2, 0.25) is 10.0 Å². The maximum absolute atomic E-state index is 13.6. The summed E-state index contributed by atoms with van der Waals surface area (Å²) >= 11 is 0. The van der Waals surface area contributed by atoms with Crippen LogP contribution in [0.25, 0.3) is 0 Å². The molecular weight excluding hydrogens is 262 g/mol. The van der Waals surface area contributed by atoms with E-state index in [9.17, 15) is 17.2 Å². The first-order valence-electron chi connectivity index (χ1n) is 5.57. The molecule has 4 nitrogen and oxygen atoms in total. The molecule has 1 atom stereocenters. The van der Waals surface area contributed by atoms with Crippen LogP contribution in [0.1, 0.15) is 13.3 Å². The largest absolute Gasteiger partial charge is 0.399 e. The van der Waals surface area contributed by atoms with E-state index >= 15 is 0 Å². The third-order valence-corrected chi connectivity index (χ3v) is 4.89. The van der Waals surface area contributed by atoms with Crippen molar-refractivity contribution in [2.24, 2.45) is 5.92 Å². The maximum atomic E-state index is 13.6. The molecule has 1 aliphatic rings. The van der Waals surface area contributed by atoms with Crippen molar-refractivity contribution in [3.05, 3.63) is 23.8 Å². The third-order valence-electron chi connectivity index (χ3n) is 3.02. The number of nitrogens with zero attached hydrogens (tertiary/aromatic N) is 1. The molecule has 0 radical (unpaired) electrons. The zero-order chi connectivity index (χ0) is 13.5. The van der Waals surface area contributed by atoms with Gasteiger partial charge in [-0.25, -0.2) is 17.2 Å². The number of sulfonamides is 1. The monoisotopic (exact) mass is 276 g/mol. The average molecular weight is 276 g/mol. The van der Waals surface area contributed by atoms with Crippen molar-refractivity contribution in [2.45, 2.75) is 18.2 Å². The zero-order valence-corrected chi connectivity index (χ0v) is 10.7. The first-order valence-corrected chi connectivity index (χ1v) is 7.01. The summed E-state index contributed by atoms with van der Waals surface area (Å²) in [6.45, 7) is 2.55. The quantitative estimate of drug-likeness (QED) is 0.834. The Morgan fingerprint density at radius 3 is 2.61 bits per heavy atom. The second kappa shape index (κ2) is 4.47. The van der Waals surface area contributed by atoms with Gasteiger partial charge in [0, 0.05) is 18.8 Å². The van der Waals surface area contributed by atoms with Crippen molar-refractivity contribution in [1.29, 1.82) is 0 Å². The summed E-state index contributed by atoms with van der Waals surface area (Å²) < 4.78 is 52.3. The van der Waals surface area contributed by atoms with Crippen molar-refractivity contribution >= 4 is 15.7 Å². The van der Waals surface area contributed by atoms with E-state index in [1.165, 1.54) is 0 Å². The molecule has 2 N–H and O–H groups in total. The molecule has 0 aromatic heterocycles. The van der Waals surface area contributed by atoms with Crippen molar-refractivity contribution in [3.63, 3.8) is 0 Å². The second-order valence-electron chi connectivity index (χ2n) is 4.57. The minimum absolute atomic E-state index is 0.111. The number of rotatable bonds is 2. The summed E-state index contributed by atoms with van der Waals surface area (Å²) in [5, 5.41) is 0. The smallest absolute Gasteiger partial charge is 0.246 e. The van der Waals surface area contributed by atoms with E-state index in [4.69, 9.17) is 5.73 Å². The fourth-order valence-electron chi connectivity index (χ4n) is 2.02. The van der Waals surface area contributed by atoms with Gasteiger partial charge in [-0.15, -0.1) is 0 Å². The molecule has 0 aliphatic carbocycles. The standard InChI is InChI=1S/C11H14F2N2O2S/c1-7-2-3-15(6-7)18(16,17)10-5-8(14)4-9(12)11(10)13/h4-5,7H,2-3,6,14H2,1H3. The minimum atomic E-state index is -4.01. The van der Waals surface area contributed by atoms with Crippen LogP contribution in [0.4, 0.5) is 14.5 Å². The molecule has 0 bridgehead atoms. The van der Waals surface area contributed by atoms with E-state index in [1.807, 2.05) is 6.92 Å². The SMILES string of the molecule is CC1CCN(S(=O)(=O)c2cc(N)cc(F)c2F)C1. The van der Waals surface area contributed by atoms with Gasteiger partial charge < -0.3 is 5.73 Å². The molecule has 7 heteroatoms. The molecule has 1 saturated heterocycles. The normalized spacial score (nSPS) is 21.4. The van der Waals surface area contributed by atoms with Gasteiger partial charge in [0.05, 0.1) is 0 Å². The maximum Gasteiger partial charge on any atom is 0.246 e. The Morgan fingerprint density at radius 1 is 1.39 bits per heavy atom. The predicted octanol–water partition coefficient (Wildman–Crippen LogP) is 1.58. The first kappa shape index (κ1) is 13.2. The Morgan fingerprint density at radius 2 is 2.06 bits per heavy atom. The topological polar surface area (TPSA) is 63.4 Å². The Balaban J connectivity index is 2.48. The highest BCUT2D eigenvalue weighted by Gasteiger charge is 2.33. The molecule has 1 unspecified atom stereocenters. The molecule has 0 saturated carbocycles. The van der Waals surface area contributed by atoms with Crippen LogP contribution in [0.15, 0.2) is 17.0 Å². The molecule has 1 aromatic rings. The molecule has 1 heterocycles. The minimum Gasteiger partial charge on any atom is -0.399 e. The van der Waals surface area contributed by atoms with Crippen LogP contribution < -0.4 is 5.73 Å². The van der Waals surface area contributed by atoms with Crippen molar-refractivity contribution in [2.75, 3.05) is 18.8 Å². The van der Waals surface area contributed by atoms with Gasteiger partial charge >= 0.3 is 0 Å². The van der Waals surface area contributed by atoms with Crippen LogP contribution in [-0.4, -0.2) is 25.8 Å². The van der Waals surface area contributed by atoms with E-state index in [0.29, 0.717) is 19.5 Å². The molecule has 2 rings (SSSR count). The molecule has 1 aromatic carbocycles. The van der Waals surface area contributed by atoms with Gasteiger partial charge in [-0.1, -0.05) is 6.92 Å². The van der Waals surface area contributed by atoms with Crippen LogP contribution in [0.3, 0.4) is 0 Å². The molecule has 0 spiro atoms. The summed E-state index contributed by atoms with van der Waals surface area (Å²) in [7, 11) is -4.01. The van der Waals surface area contributed by atoms with Crippen molar-refractivity contribution in [3.8, 4) is 0 Å². The molecule has 1 aliphatic heterocycles. The lowest BCUT2D eigenvalue weighted by molar-refractivity contribution is 0.446. The summed E-state index contributed by atoms with van der Waals surface area (Å²) in [6.07, 6.45) is 0.714. The molecule has 18 heavy (non-hydrogen) atoms. The van der Waals surface area contributed by atoms with Gasteiger partial charge in [0.25, 0.3) is 0 Å². The predicted molar refractivity (Wildman–Crippen MR) is 63.3 cm³/mol. The van der Waals surface area contributed by atoms with E-state index in [2.05, 4.69) is 0 Å². The number of benzene rings is 1. The number of nitrogen functional groups attached to an aromatic ring is 1. The number of hydrogen-bond donors (Lipinski definition) is 1. The highest BCUT2D eigenvalue weighted by molar-refractivity contribution is 7.89. The number of anilines is 1. The fraction of sp³-hybridized carbons (Fsp3) is 0.455. The van der Waals surface area contributed by atoms with Gasteiger partial charge in [-0.05, 0) is 24.5 Å². The van der Waals surface area contributed by atoms with Gasteiger partial charge in [-0.3, -0.25) is 0 Å². The van der Waals surface area contributed by atoms with Crippen LogP contribution in [-0.2, 0) is 10.0 Å². The van der Waals surface area contributed by atoms with Crippen LogP contribution in [0.5, 0.6) is 0 Å². The van der Waals surface area contributed by atoms with Gasteiger partial charge in [-0.2, -0.15) is 4.31 Å². The highest BCUT2D eigenvalue weighted by Crippen LogP contribution is 2.28. The van der Waals surface area contributed by atoms with Crippen molar-refractivity contribution in [1.82, 2.24) is 4.31 Å².